The van der Waals surface area contributed by atoms with Gasteiger partial charge in [-0.1, -0.05) is 24.3 Å². The predicted octanol–water partition coefficient (Wildman–Crippen LogP) is 0.475. The van der Waals surface area contributed by atoms with Gasteiger partial charge in [-0.3, -0.25) is 4.79 Å². The number of carbonyl (C=O) groups is 1. The van der Waals surface area contributed by atoms with E-state index >= 15 is 0 Å². The number of hydrazone groups is 1. The fraction of sp³-hybridized carbons (Fsp3) is 0.111. The van der Waals surface area contributed by atoms with Crippen molar-refractivity contribution in [2.24, 2.45) is 10.9 Å². The van der Waals surface area contributed by atoms with Gasteiger partial charge in [-0.15, -0.1) is 0 Å². The molecule has 1 aliphatic carbocycles. The third-order valence-corrected chi connectivity index (χ3v) is 2.02. The topological polar surface area (TPSA) is 55.4 Å². The molecule has 3 heteroatoms. The standard InChI is InChI=1S/C9H8N2O/c10-11-9-7-4-2-1-3-6(7)5-8(9)12/h1-4H,5,10H2. The van der Waals surface area contributed by atoms with Crippen LogP contribution in [0.1, 0.15) is 11.1 Å². The van der Waals surface area contributed by atoms with E-state index < -0.39 is 0 Å². The Hall–Kier alpha value is -1.64. The fourth-order valence-corrected chi connectivity index (χ4v) is 1.45. The Kier molecular flexibility index (Phi) is 1.43. The van der Waals surface area contributed by atoms with Crippen LogP contribution in [0.25, 0.3) is 0 Å². The van der Waals surface area contributed by atoms with E-state index in [1.165, 1.54) is 0 Å². The third-order valence-electron chi connectivity index (χ3n) is 2.02. The lowest BCUT2D eigenvalue weighted by Crippen LogP contribution is -2.10. The molecule has 0 spiro atoms. The molecule has 0 aliphatic heterocycles. The SMILES string of the molecule is NN=C1C(=O)Cc2ccccc21. The highest BCUT2D eigenvalue weighted by Gasteiger charge is 2.24. The number of rotatable bonds is 0. The molecule has 0 unspecified atom stereocenters. The number of Topliss-reactive ketones (excluding diaryl/α,β-unsaturated/α-hetero) is 1. The van der Waals surface area contributed by atoms with Crippen LogP contribution < -0.4 is 5.84 Å². The molecule has 0 radical (unpaired) electrons. The van der Waals surface area contributed by atoms with Gasteiger partial charge in [0.05, 0.1) is 0 Å². The molecular formula is C9H8N2O. The molecule has 1 aliphatic rings. The molecule has 0 saturated heterocycles. The molecule has 0 aromatic heterocycles. The van der Waals surface area contributed by atoms with E-state index in [0.717, 1.165) is 11.1 Å². The first-order valence-electron chi connectivity index (χ1n) is 3.72. The van der Waals surface area contributed by atoms with Gasteiger partial charge in [-0.25, -0.2) is 0 Å². The molecule has 12 heavy (non-hydrogen) atoms. The lowest BCUT2D eigenvalue weighted by molar-refractivity contribution is -0.112. The molecule has 0 bridgehead atoms. The maximum atomic E-state index is 11.3. The summed E-state index contributed by atoms with van der Waals surface area (Å²) in [4.78, 5) is 11.3. The van der Waals surface area contributed by atoms with Crippen LogP contribution in [-0.2, 0) is 11.2 Å². The van der Waals surface area contributed by atoms with Gasteiger partial charge in [0.25, 0.3) is 0 Å². The molecule has 1 aromatic rings. The highest BCUT2D eigenvalue weighted by Crippen LogP contribution is 2.18. The van der Waals surface area contributed by atoms with Crippen LogP contribution in [-0.4, -0.2) is 11.5 Å². The number of hydrogen-bond acceptors (Lipinski definition) is 3. The second-order valence-corrected chi connectivity index (χ2v) is 2.73. The minimum atomic E-state index is 0.0127. The van der Waals surface area contributed by atoms with Crippen molar-refractivity contribution in [3.8, 4) is 0 Å². The maximum Gasteiger partial charge on any atom is 0.187 e. The summed E-state index contributed by atoms with van der Waals surface area (Å²) < 4.78 is 0. The van der Waals surface area contributed by atoms with Gasteiger partial charge in [0, 0.05) is 12.0 Å². The normalized spacial score (nSPS) is 18.3. The molecule has 0 atom stereocenters. The molecule has 0 heterocycles. The first kappa shape index (κ1) is 7.03. The summed E-state index contributed by atoms with van der Waals surface area (Å²) in [6.07, 6.45) is 0.437. The minimum Gasteiger partial charge on any atom is -0.323 e. The van der Waals surface area contributed by atoms with Crippen LogP contribution in [0, 0.1) is 0 Å². The van der Waals surface area contributed by atoms with Crippen LogP contribution in [0.3, 0.4) is 0 Å². The molecule has 3 nitrogen and oxygen atoms in total. The van der Waals surface area contributed by atoms with E-state index in [0.29, 0.717) is 12.1 Å². The van der Waals surface area contributed by atoms with E-state index in [9.17, 15) is 4.79 Å². The molecule has 0 fully saturated rings. The van der Waals surface area contributed by atoms with Crippen molar-refractivity contribution in [3.63, 3.8) is 0 Å². The Morgan fingerprint density at radius 2 is 2.08 bits per heavy atom. The molecular weight excluding hydrogens is 152 g/mol. The Balaban J connectivity index is 2.62. The smallest absolute Gasteiger partial charge is 0.187 e. The molecule has 2 rings (SSSR count). The largest absolute Gasteiger partial charge is 0.323 e. The van der Waals surface area contributed by atoms with E-state index in [1.807, 2.05) is 24.3 Å². The van der Waals surface area contributed by atoms with Crippen LogP contribution in [0.5, 0.6) is 0 Å². The Labute approximate surface area is 69.9 Å². The second-order valence-electron chi connectivity index (χ2n) is 2.73. The van der Waals surface area contributed by atoms with Gasteiger partial charge < -0.3 is 5.84 Å². The molecule has 0 amide bonds. The summed E-state index contributed by atoms with van der Waals surface area (Å²) in [7, 11) is 0. The average Bonchev–Trinajstić information content (AvgIpc) is 2.40. The van der Waals surface area contributed by atoms with Crippen molar-refractivity contribution in [2.45, 2.75) is 6.42 Å². The number of nitrogens with zero attached hydrogens (tertiary/aromatic N) is 1. The highest BCUT2D eigenvalue weighted by molar-refractivity contribution is 6.49. The zero-order valence-corrected chi connectivity index (χ0v) is 6.45. The van der Waals surface area contributed by atoms with Gasteiger partial charge in [-0.2, -0.15) is 5.10 Å². The lowest BCUT2D eigenvalue weighted by atomic mass is 10.1. The van der Waals surface area contributed by atoms with Crippen LogP contribution in [0.4, 0.5) is 0 Å². The maximum absolute atomic E-state index is 11.3. The first-order chi connectivity index (χ1) is 5.83. The number of nitrogens with two attached hydrogens (primary N) is 1. The summed E-state index contributed by atoms with van der Waals surface area (Å²) in [5, 5.41) is 3.48. The van der Waals surface area contributed by atoms with Gasteiger partial charge in [0.1, 0.15) is 5.71 Å². The number of benzene rings is 1. The molecule has 60 valence electrons. The quantitative estimate of drug-likeness (QED) is 0.443. The number of fused-ring (bicyclic) bond motifs is 1. The van der Waals surface area contributed by atoms with Crippen molar-refractivity contribution in [1.29, 1.82) is 0 Å². The van der Waals surface area contributed by atoms with Gasteiger partial charge in [0.2, 0.25) is 0 Å². The fourth-order valence-electron chi connectivity index (χ4n) is 1.45. The molecule has 0 saturated carbocycles. The van der Waals surface area contributed by atoms with Gasteiger partial charge in [0.15, 0.2) is 5.78 Å². The van der Waals surface area contributed by atoms with Crippen LogP contribution in [0.15, 0.2) is 29.4 Å². The predicted molar refractivity (Wildman–Crippen MR) is 45.9 cm³/mol. The van der Waals surface area contributed by atoms with Crippen molar-refractivity contribution < 1.29 is 4.79 Å². The summed E-state index contributed by atoms with van der Waals surface area (Å²) in [6.45, 7) is 0. The molecule has 2 N–H and O–H groups in total. The van der Waals surface area contributed by atoms with Crippen LogP contribution in [0.2, 0.25) is 0 Å². The zero-order chi connectivity index (χ0) is 8.55. The lowest BCUT2D eigenvalue weighted by Gasteiger charge is -1.94. The molecule has 1 aromatic carbocycles. The van der Waals surface area contributed by atoms with Gasteiger partial charge in [-0.05, 0) is 5.56 Å². The Bertz CT molecular complexity index is 369. The summed E-state index contributed by atoms with van der Waals surface area (Å²) in [6, 6.07) is 7.57. The van der Waals surface area contributed by atoms with Gasteiger partial charge >= 0.3 is 0 Å². The summed E-state index contributed by atoms with van der Waals surface area (Å²) in [5.41, 5.74) is 2.31. The van der Waals surface area contributed by atoms with E-state index in [2.05, 4.69) is 5.10 Å². The number of ketones is 1. The van der Waals surface area contributed by atoms with Crippen molar-refractivity contribution in [3.05, 3.63) is 35.4 Å². The third kappa shape index (κ3) is 0.830. The van der Waals surface area contributed by atoms with Crippen molar-refractivity contribution in [2.75, 3.05) is 0 Å². The van der Waals surface area contributed by atoms with Crippen LogP contribution >= 0.6 is 0 Å². The van der Waals surface area contributed by atoms with Crippen molar-refractivity contribution >= 4 is 11.5 Å². The Morgan fingerprint density at radius 3 is 2.83 bits per heavy atom. The average molecular weight is 160 g/mol. The highest BCUT2D eigenvalue weighted by atomic mass is 16.1. The summed E-state index contributed by atoms with van der Waals surface area (Å²) >= 11 is 0. The van der Waals surface area contributed by atoms with E-state index in [4.69, 9.17) is 5.84 Å². The number of hydrogen-bond donors (Lipinski definition) is 1. The second kappa shape index (κ2) is 2.44. The summed E-state index contributed by atoms with van der Waals surface area (Å²) in [5.74, 6) is 5.12. The van der Waals surface area contributed by atoms with E-state index in [-0.39, 0.29) is 5.78 Å². The first-order valence-corrected chi connectivity index (χ1v) is 3.72. The Morgan fingerprint density at radius 1 is 1.33 bits per heavy atom. The number of carbonyl (C=O) groups excluding carboxylic acids is 1. The van der Waals surface area contributed by atoms with E-state index in [1.54, 1.807) is 0 Å². The monoisotopic (exact) mass is 160 g/mol. The minimum absolute atomic E-state index is 0.0127. The zero-order valence-electron chi connectivity index (χ0n) is 6.45. The van der Waals surface area contributed by atoms with Crippen molar-refractivity contribution in [1.82, 2.24) is 0 Å².